The van der Waals surface area contributed by atoms with Crippen LogP contribution < -0.4 is 0 Å². The van der Waals surface area contributed by atoms with Crippen molar-refractivity contribution in [3.63, 3.8) is 0 Å². The summed E-state index contributed by atoms with van der Waals surface area (Å²) in [4.78, 5) is 38.5. The minimum absolute atomic E-state index is 0.374. The summed E-state index contributed by atoms with van der Waals surface area (Å²) >= 11 is 0. The summed E-state index contributed by atoms with van der Waals surface area (Å²) in [6.07, 6.45) is 7.32. The predicted octanol–water partition coefficient (Wildman–Crippen LogP) is 27.2. The van der Waals surface area contributed by atoms with Crippen LogP contribution in [0.5, 0.6) is 0 Å². The number of fused-ring (bicyclic) bond motifs is 13. The first-order valence-electron chi connectivity index (χ1n) is 41.3. The molecule has 3 aliphatic rings. The molecular weight excluding hydrogens is 1480 g/mol. The van der Waals surface area contributed by atoms with Gasteiger partial charge in [-0.15, -0.1) is 0 Å². The molecule has 8 nitrogen and oxygen atoms in total. The lowest BCUT2D eigenvalue weighted by molar-refractivity contribution is 0.768. The molecule has 20 aromatic rings. The van der Waals surface area contributed by atoms with E-state index in [0.717, 1.165) is 77.9 Å². The first-order chi connectivity index (χ1) is 60.5. The molecule has 0 bridgehead atoms. The summed E-state index contributed by atoms with van der Waals surface area (Å²) in [6.45, 7) is 0. The monoisotopic (exact) mass is 1550 g/mol. The Morgan fingerprint density at radius 1 is 0.148 bits per heavy atom. The fourth-order valence-corrected chi connectivity index (χ4v) is 18.9. The fourth-order valence-electron chi connectivity index (χ4n) is 18.9. The number of benzene rings is 16. The second-order valence-electron chi connectivity index (χ2n) is 31.2. The molecule has 0 radical (unpaired) electrons. The zero-order valence-corrected chi connectivity index (χ0v) is 66.3. The van der Waals surface area contributed by atoms with Gasteiger partial charge in [0.25, 0.3) is 0 Å². The first-order valence-corrected chi connectivity index (χ1v) is 41.3. The number of pyridine rings is 2. The van der Waals surface area contributed by atoms with E-state index in [1.54, 1.807) is 12.4 Å². The van der Waals surface area contributed by atoms with E-state index in [0.29, 0.717) is 34.9 Å². The van der Waals surface area contributed by atoms with E-state index >= 15 is 0 Å². The van der Waals surface area contributed by atoms with Gasteiger partial charge in [-0.05, 0) is 169 Å². The van der Waals surface area contributed by atoms with E-state index in [4.69, 9.17) is 29.9 Å². The van der Waals surface area contributed by atoms with Crippen LogP contribution in [0.3, 0.4) is 0 Å². The lowest BCUT2D eigenvalue weighted by Gasteiger charge is -2.34. The Labute approximate surface area is 708 Å². The Kier molecular flexibility index (Phi) is 18.2. The van der Waals surface area contributed by atoms with Gasteiger partial charge in [0.2, 0.25) is 0 Å². The van der Waals surface area contributed by atoms with Crippen LogP contribution >= 0.6 is 0 Å². The Morgan fingerprint density at radius 3 is 0.738 bits per heavy atom. The molecular formula is C114H74N8. The molecule has 4 heterocycles. The van der Waals surface area contributed by atoms with Crippen molar-refractivity contribution in [2.75, 3.05) is 0 Å². The SMILES string of the molecule is c1ccc(-c2nc(-c3ccc(-c4cccnc4)cc3)nc(-c3ccc(-c4cccc(-c5cccc6c5-c5ccccc5C6(c5ccccc5)c5ccccc5)c4)cc3)n2)cc1.c1ccc(-c2nc(-c3ccc(-c4cccnc4)cc3)nc(-c3ccc(-c4cccc(-c5cccc6c5-c5ccccc5C65c6ccccc6-c6ccccc65)c4)cc3)n2)cc1. The maximum atomic E-state index is 5.03. The highest BCUT2D eigenvalue weighted by atomic mass is 15.0. The highest BCUT2D eigenvalue weighted by Gasteiger charge is 2.52. The van der Waals surface area contributed by atoms with Crippen LogP contribution in [0, 0.1) is 0 Å². The zero-order valence-electron chi connectivity index (χ0n) is 66.3. The van der Waals surface area contributed by atoms with Gasteiger partial charge in [0.15, 0.2) is 34.9 Å². The van der Waals surface area contributed by atoms with E-state index in [-0.39, 0.29) is 5.41 Å². The normalized spacial score (nSPS) is 12.6. The maximum absolute atomic E-state index is 5.03. The molecule has 0 N–H and O–H groups in total. The van der Waals surface area contributed by atoms with Gasteiger partial charge >= 0.3 is 0 Å². The summed E-state index contributed by atoms with van der Waals surface area (Å²) in [5.41, 5.74) is 36.7. The molecule has 0 saturated carbocycles. The van der Waals surface area contributed by atoms with Crippen molar-refractivity contribution in [1.82, 2.24) is 39.9 Å². The number of aromatic nitrogens is 8. The summed E-state index contributed by atoms with van der Waals surface area (Å²) in [6, 6.07) is 151. The Hall–Kier alpha value is -16.2. The molecule has 16 aromatic carbocycles. The van der Waals surface area contributed by atoms with Crippen LogP contribution in [0.1, 0.15) is 44.5 Å². The molecule has 570 valence electrons. The van der Waals surface area contributed by atoms with Crippen LogP contribution in [0.4, 0.5) is 0 Å². The standard InChI is InChI=1S/C57H36N4.C57H38N4/c1-2-13-39(14-3-1)54-59-55(61-56(60-54)41-32-28-38(29-33-41)44-17-12-34-58-36-44)40-30-26-37(27-31-40)42-15-10-16-43(35-42)45-21-11-25-52-53(45)48-20-6-9-24-51(48)57(52)49-22-7-4-18-46(49)47-19-5-8-23-50(47)57;1-4-15-41(16-5-1)54-59-55(61-56(60-54)43-34-30-40(31-35-43)46-19-14-36-58-38-46)42-32-28-39(29-33-42)44-17-12-18-45(37-44)49-25-13-27-52-53(49)50-24-10-11-26-51(50)57(52,47-20-6-2-7-21-47)48-22-8-3-9-23-48/h1-36H;1-38H. The molecule has 0 atom stereocenters. The van der Waals surface area contributed by atoms with Gasteiger partial charge in [0.1, 0.15) is 0 Å². The van der Waals surface area contributed by atoms with Gasteiger partial charge in [0.05, 0.1) is 10.8 Å². The van der Waals surface area contributed by atoms with Crippen molar-refractivity contribution < 1.29 is 0 Å². The second kappa shape index (κ2) is 30.7. The minimum atomic E-state index is -0.448. The van der Waals surface area contributed by atoms with Gasteiger partial charge < -0.3 is 0 Å². The highest BCUT2D eigenvalue weighted by molar-refractivity contribution is 6.01. The second-order valence-corrected chi connectivity index (χ2v) is 31.2. The molecule has 0 saturated heterocycles. The highest BCUT2D eigenvalue weighted by Crippen LogP contribution is 2.64. The molecule has 8 heteroatoms. The average Bonchev–Trinajstić information content (AvgIpc) is 1.51. The van der Waals surface area contributed by atoms with E-state index in [1.165, 1.54) is 100 Å². The number of rotatable bonds is 14. The lowest BCUT2D eigenvalue weighted by Crippen LogP contribution is -2.28. The Bertz CT molecular complexity index is 6880. The molecule has 3 aliphatic carbocycles. The third-order valence-corrected chi connectivity index (χ3v) is 24.4. The van der Waals surface area contributed by atoms with E-state index in [1.807, 2.05) is 85.2 Å². The van der Waals surface area contributed by atoms with Crippen molar-refractivity contribution in [3.8, 4) is 168 Å². The van der Waals surface area contributed by atoms with Crippen LogP contribution in [0.2, 0.25) is 0 Å². The predicted molar refractivity (Wildman–Crippen MR) is 494 cm³/mol. The third kappa shape index (κ3) is 12.5. The van der Waals surface area contributed by atoms with Crippen molar-refractivity contribution in [2.24, 2.45) is 0 Å². The topological polar surface area (TPSA) is 103 Å². The number of hydrogen-bond donors (Lipinski definition) is 0. The van der Waals surface area contributed by atoms with Gasteiger partial charge in [-0.3, -0.25) is 9.97 Å². The van der Waals surface area contributed by atoms with Gasteiger partial charge in [0, 0.05) is 58.2 Å². The van der Waals surface area contributed by atoms with E-state index < -0.39 is 5.41 Å². The molecule has 0 amide bonds. The molecule has 122 heavy (non-hydrogen) atoms. The van der Waals surface area contributed by atoms with Crippen LogP contribution in [0.15, 0.2) is 449 Å². The molecule has 0 unspecified atom stereocenters. The molecule has 0 aliphatic heterocycles. The smallest absolute Gasteiger partial charge is 0.164 e. The molecule has 4 aromatic heterocycles. The van der Waals surface area contributed by atoms with Gasteiger partial charge in [-0.1, -0.05) is 400 Å². The van der Waals surface area contributed by atoms with Crippen molar-refractivity contribution in [1.29, 1.82) is 0 Å². The molecule has 1 spiro atoms. The fraction of sp³-hybridized carbons (Fsp3) is 0.0175. The van der Waals surface area contributed by atoms with E-state index in [2.05, 4.69) is 362 Å². The zero-order chi connectivity index (χ0) is 80.9. The quantitative estimate of drug-likeness (QED) is 0.106. The van der Waals surface area contributed by atoms with Crippen molar-refractivity contribution in [3.05, 3.63) is 494 Å². The largest absolute Gasteiger partial charge is 0.264 e. The summed E-state index contributed by atoms with van der Waals surface area (Å²) in [7, 11) is 0. The third-order valence-electron chi connectivity index (χ3n) is 24.4. The number of nitrogens with zero attached hydrogens (tertiary/aromatic N) is 8. The average molecular weight is 1560 g/mol. The Morgan fingerprint density at radius 2 is 0.385 bits per heavy atom. The molecule has 0 fully saturated rings. The maximum Gasteiger partial charge on any atom is 0.164 e. The minimum Gasteiger partial charge on any atom is -0.264 e. The lowest BCUT2D eigenvalue weighted by atomic mass is 9.67. The summed E-state index contributed by atoms with van der Waals surface area (Å²) in [5.74, 6) is 3.77. The van der Waals surface area contributed by atoms with E-state index in [9.17, 15) is 0 Å². The van der Waals surface area contributed by atoms with Crippen LogP contribution in [-0.4, -0.2) is 39.9 Å². The van der Waals surface area contributed by atoms with Crippen molar-refractivity contribution in [2.45, 2.75) is 10.8 Å². The summed E-state index contributed by atoms with van der Waals surface area (Å²) < 4.78 is 0. The Balaban J connectivity index is 0.000000146. The molecule has 23 rings (SSSR count). The van der Waals surface area contributed by atoms with Crippen LogP contribution in [0.25, 0.3) is 168 Å². The summed E-state index contributed by atoms with van der Waals surface area (Å²) in [5, 5.41) is 0. The number of hydrogen-bond acceptors (Lipinski definition) is 8. The first kappa shape index (κ1) is 72.3. The van der Waals surface area contributed by atoms with Gasteiger partial charge in [-0.2, -0.15) is 0 Å². The van der Waals surface area contributed by atoms with Crippen LogP contribution in [-0.2, 0) is 10.8 Å². The van der Waals surface area contributed by atoms with Crippen molar-refractivity contribution >= 4 is 0 Å². The van der Waals surface area contributed by atoms with Gasteiger partial charge in [-0.25, -0.2) is 29.9 Å².